The van der Waals surface area contributed by atoms with Crippen molar-refractivity contribution >= 4 is 48.4 Å². The Kier molecular flexibility index (Phi) is 5.51. The monoisotopic (exact) mass is 520 g/mol. The summed E-state index contributed by atoms with van der Waals surface area (Å²) in [4.78, 5) is 25.6. The number of aromatic nitrogens is 5. The first kappa shape index (κ1) is 23.0. The van der Waals surface area contributed by atoms with Crippen molar-refractivity contribution in [2.24, 2.45) is 0 Å². The van der Waals surface area contributed by atoms with Gasteiger partial charge >= 0.3 is 0 Å². The van der Waals surface area contributed by atoms with E-state index in [9.17, 15) is 8.42 Å². The zero-order chi connectivity index (χ0) is 25.0. The highest BCUT2D eigenvalue weighted by Crippen LogP contribution is 2.42. The van der Waals surface area contributed by atoms with Crippen molar-refractivity contribution in [3.05, 3.63) is 47.9 Å². The summed E-state index contributed by atoms with van der Waals surface area (Å²) >= 11 is 1.59. The third-order valence-corrected chi connectivity index (χ3v) is 8.73. The van der Waals surface area contributed by atoms with Crippen LogP contribution >= 0.6 is 11.3 Å². The summed E-state index contributed by atoms with van der Waals surface area (Å²) in [7, 11) is -3.32. The number of nitrogens with zero attached hydrogens (tertiary/aromatic N) is 5. The molecule has 0 atom stereocenters. The Balaban J connectivity index is 1.56. The van der Waals surface area contributed by atoms with Gasteiger partial charge in [-0.3, -0.25) is 0 Å². The normalized spacial score (nSPS) is 14.7. The molecule has 0 aliphatic carbocycles. The van der Waals surface area contributed by atoms with Crippen LogP contribution < -0.4 is 4.90 Å². The molecule has 0 bridgehead atoms. The smallest absolute Gasteiger partial charge is 0.177 e. The lowest BCUT2D eigenvalue weighted by atomic mass is 10.1. The molecule has 5 aromatic rings. The third-order valence-electron chi connectivity index (χ3n) is 6.30. The molecule has 1 fully saturated rings. The molecule has 5 heterocycles. The summed E-state index contributed by atoms with van der Waals surface area (Å²) in [6.45, 7) is 6.66. The van der Waals surface area contributed by atoms with Gasteiger partial charge in [-0.2, -0.15) is 0 Å². The van der Waals surface area contributed by atoms with Crippen LogP contribution in [0.4, 0.5) is 5.82 Å². The quantitative estimate of drug-likeness (QED) is 0.376. The molecule has 1 aliphatic heterocycles. The highest BCUT2D eigenvalue weighted by Gasteiger charge is 2.23. The topological polar surface area (TPSA) is 114 Å². The van der Waals surface area contributed by atoms with Crippen LogP contribution in [0.2, 0.25) is 0 Å². The molecule has 1 N–H and O–H groups in total. The zero-order valence-electron chi connectivity index (χ0n) is 20.1. The van der Waals surface area contributed by atoms with Crippen LogP contribution in [-0.2, 0) is 14.6 Å². The van der Waals surface area contributed by atoms with E-state index in [-0.39, 0.29) is 0 Å². The van der Waals surface area contributed by atoms with Gasteiger partial charge in [-0.15, -0.1) is 11.3 Å². The molecule has 36 heavy (non-hydrogen) atoms. The van der Waals surface area contributed by atoms with Crippen molar-refractivity contribution in [1.29, 1.82) is 0 Å². The number of pyridine rings is 1. The highest BCUT2D eigenvalue weighted by molar-refractivity contribution is 7.90. The number of hydrogen-bond acceptors (Lipinski definition) is 9. The van der Waals surface area contributed by atoms with Gasteiger partial charge in [0.2, 0.25) is 0 Å². The Bertz CT molecular complexity index is 1740. The van der Waals surface area contributed by atoms with Gasteiger partial charge < -0.3 is 14.6 Å². The number of nitrogens with one attached hydrogen (secondary N) is 1. The number of thiophene rings is 1. The summed E-state index contributed by atoms with van der Waals surface area (Å²) in [6.07, 6.45) is 2.98. The second-order valence-corrected chi connectivity index (χ2v) is 12.0. The van der Waals surface area contributed by atoms with Crippen LogP contribution in [0.5, 0.6) is 0 Å². The molecule has 1 aromatic carbocycles. The number of aryl methyl sites for hydroxylation is 2. The number of H-pyrrole nitrogens is 1. The lowest BCUT2D eigenvalue weighted by molar-refractivity contribution is 0.122. The SMILES string of the molecule is Cc1nc2ncc(-c3nc(N4CCOCC4)c4sc(-c5cccc(S(C)(=O)=O)c5)c(C)c4n3)cc2[nH]1. The predicted molar refractivity (Wildman–Crippen MR) is 141 cm³/mol. The molecular formula is C25H24N6O3S2. The molecule has 0 saturated carbocycles. The number of anilines is 1. The maximum Gasteiger partial charge on any atom is 0.177 e. The Morgan fingerprint density at radius 3 is 2.64 bits per heavy atom. The molecular weight excluding hydrogens is 496 g/mol. The summed E-state index contributed by atoms with van der Waals surface area (Å²) in [6, 6.07) is 9.05. The average molecular weight is 521 g/mol. The van der Waals surface area contributed by atoms with E-state index >= 15 is 0 Å². The number of sulfone groups is 1. The molecule has 184 valence electrons. The molecule has 9 nitrogen and oxygen atoms in total. The largest absolute Gasteiger partial charge is 0.378 e. The molecule has 0 spiro atoms. The maximum absolute atomic E-state index is 12.2. The molecule has 0 amide bonds. The van der Waals surface area contributed by atoms with Gasteiger partial charge in [0.1, 0.15) is 5.82 Å². The lowest BCUT2D eigenvalue weighted by Crippen LogP contribution is -2.36. The number of ether oxygens (including phenoxy) is 1. The molecule has 11 heteroatoms. The van der Waals surface area contributed by atoms with Gasteiger partial charge in [0.25, 0.3) is 0 Å². The van der Waals surface area contributed by atoms with Gasteiger partial charge in [-0.05, 0) is 43.2 Å². The minimum absolute atomic E-state index is 0.297. The van der Waals surface area contributed by atoms with Gasteiger partial charge in [-0.1, -0.05) is 12.1 Å². The maximum atomic E-state index is 12.2. The number of morpholine rings is 1. The summed E-state index contributed by atoms with van der Waals surface area (Å²) < 4.78 is 30.9. The minimum atomic E-state index is -3.32. The van der Waals surface area contributed by atoms with E-state index in [0.717, 1.165) is 62.0 Å². The first-order chi connectivity index (χ1) is 17.3. The third kappa shape index (κ3) is 4.02. The summed E-state index contributed by atoms with van der Waals surface area (Å²) in [5.41, 5.74) is 4.99. The number of benzene rings is 1. The average Bonchev–Trinajstić information content (AvgIpc) is 3.42. The fourth-order valence-electron chi connectivity index (χ4n) is 4.48. The molecule has 6 rings (SSSR count). The first-order valence-electron chi connectivity index (χ1n) is 11.5. The highest BCUT2D eigenvalue weighted by atomic mass is 32.2. The Morgan fingerprint density at radius 1 is 1.06 bits per heavy atom. The van der Waals surface area contributed by atoms with Crippen LogP contribution in [-0.4, -0.2) is 65.9 Å². The standard InChI is InChI=1S/C25H24N6O3S2/c1-14-20-22(35-21(14)16-5-4-6-18(11-16)36(3,32)33)25(31-7-9-34-10-8-31)30-23(29-20)17-12-19-24(26-13-17)28-15(2)27-19/h4-6,11-13H,7-10H2,1-3H3,(H,26,27,28). The second kappa shape index (κ2) is 8.61. The molecule has 0 radical (unpaired) electrons. The van der Waals surface area contributed by atoms with Crippen LogP contribution in [0.15, 0.2) is 41.4 Å². The van der Waals surface area contributed by atoms with Gasteiger partial charge in [0, 0.05) is 36.0 Å². The summed E-state index contributed by atoms with van der Waals surface area (Å²) in [5.74, 6) is 2.25. The van der Waals surface area contributed by atoms with Crippen LogP contribution in [0.1, 0.15) is 11.4 Å². The fraction of sp³-hybridized carbons (Fsp3) is 0.280. The fourth-order valence-corrected chi connectivity index (χ4v) is 6.40. The van der Waals surface area contributed by atoms with E-state index < -0.39 is 9.84 Å². The molecule has 1 saturated heterocycles. The second-order valence-electron chi connectivity index (χ2n) is 8.92. The minimum Gasteiger partial charge on any atom is -0.378 e. The Morgan fingerprint density at radius 2 is 1.86 bits per heavy atom. The van der Waals surface area contributed by atoms with Crippen molar-refractivity contribution < 1.29 is 13.2 Å². The number of fused-ring (bicyclic) bond motifs is 2. The molecule has 4 aromatic heterocycles. The van der Waals surface area contributed by atoms with Crippen LogP contribution in [0.3, 0.4) is 0 Å². The van der Waals surface area contributed by atoms with E-state index in [0.29, 0.717) is 29.6 Å². The van der Waals surface area contributed by atoms with E-state index in [1.165, 1.54) is 6.26 Å². The molecule has 0 unspecified atom stereocenters. The van der Waals surface area contributed by atoms with Crippen molar-refractivity contribution in [1.82, 2.24) is 24.9 Å². The number of hydrogen-bond donors (Lipinski definition) is 1. The van der Waals surface area contributed by atoms with Crippen LogP contribution in [0, 0.1) is 13.8 Å². The number of imidazole rings is 1. The van der Waals surface area contributed by atoms with E-state index in [1.54, 1.807) is 35.7 Å². The van der Waals surface area contributed by atoms with Crippen molar-refractivity contribution in [2.75, 3.05) is 37.5 Å². The first-order valence-corrected chi connectivity index (χ1v) is 14.3. The number of aromatic amines is 1. The Hall–Kier alpha value is -3.41. The van der Waals surface area contributed by atoms with E-state index in [2.05, 4.69) is 19.9 Å². The van der Waals surface area contributed by atoms with Crippen molar-refractivity contribution in [3.8, 4) is 21.8 Å². The van der Waals surface area contributed by atoms with Gasteiger partial charge in [-0.25, -0.2) is 28.4 Å². The molecule has 1 aliphatic rings. The predicted octanol–water partition coefficient (Wildman–Crippen LogP) is 4.15. The number of rotatable bonds is 4. The van der Waals surface area contributed by atoms with Crippen LogP contribution in [0.25, 0.3) is 43.2 Å². The van der Waals surface area contributed by atoms with Crippen molar-refractivity contribution in [3.63, 3.8) is 0 Å². The van der Waals surface area contributed by atoms with E-state index in [4.69, 9.17) is 14.7 Å². The van der Waals surface area contributed by atoms with Gasteiger partial charge in [0.15, 0.2) is 27.1 Å². The van der Waals surface area contributed by atoms with Gasteiger partial charge in [0.05, 0.1) is 33.8 Å². The Labute approximate surface area is 212 Å². The summed E-state index contributed by atoms with van der Waals surface area (Å²) in [5, 5.41) is 0. The lowest BCUT2D eigenvalue weighted by Gasteiger charge is -2.28. The van der Waals surface area contributed by atoms with Crippen molar-refractivity contribution in [2.45, 2.75) is 18.7 Å². The van der Waals surface area contributed by atoms with E-state index in [1.807, 2.05) is 26.0 Å². The zero-order valence-corrected chi connectivity index (χ0v) is 21.7.